The fourth-order valence-corrected chi connectivity index (χ4v) is 0.658. The van der Waals surface area contributed by atoms with Crippen molar-refractivity contribution in [3.63, 3.8) is 0 Å². The van der Waals surface area contributed by atoms with Gasteiger partial charge in [0.15, 0.2) is 0 Å². The van der Waals surface area contributed by atoms with Crippen LogP contribution in [0.3, 0.4) is 0 Å². The van der Waals surface area contributed by atoms with Crippen LogP contribution in [-0.2, 0) is 9.53 Å². The van der Waals surface area contributed by atoms with Gasteiger partial charge in [-0.3, -0.25) is 0 Å². The molecule has 0 saturated carbocycles. The van der Waals surface area contributed by atoms with Crippen LogP contribution in [0.15, 0.2) is 11.3 Å². The van der Waals surface area contributed by atoms with Crippen molar-refractivity contribution >= 4 is 5.97 Å². The molecule has 1 N–H and O–H groups in total. The van der Waals surface area contributed by atoms with E-state index in [9.17, 15) is 4.79 Å². The number of carbonyl (C=O) groups is 1. The summed E-state index contributed by atoms with van der Waals surface area (Å²) in [5, 5.41) is 8.84. The number of hydrogen-bond acceptors (Lipinski definition) is 3. The maximum absolute atomic E-state index is 10.5. The average Bonchev–Trinajstić information content (AvgIpc) is 1.98. The number of ether oxygens (including phenoxy) is 1. The molecule has 0 aliphatic carbocycles. The predicted octanol–water partition coefficient (Wildman–Crippen LogP) is 0.764. The Morgan fingerprint density at radius 1 is 1.67 bits per heavy atom. The SMILES string of the molecule is CC1=C(O)C(=O)OC1C. The molecule has 0 radical (unpaired) electrons. The summed E-state index contributed by atoms with van der Waals surface area (Å²) in [6, 6.07) is 0. The summed E-state index contributed by atoms with van der Waals surface area (Å²) in [6.07, 6.45) is -0.252. The van der Waals surface area contributed by atoms with Crippen molar-refractivity contribution in [1.82, 2.24) is 0 Å². The minimum atomic E-state index is -0.611. The second-order valence-electron chi connectivity index (χ2n) is 2.08. The molecule has 1 rings (SSSR count). The summed E-state index contributed by atoms with van der Waals surface area (Å²) in [6.45, 7) is 3.39. The number of aliphatic hydroxyl groups excluding tert-OH is 1. The van der Waals surface area contributed by atoms with Crippen molar-refractivity contribution < 1.29 is 14.6 Å². The van der Waals surface area contributed by atoms with E-state index in [0.717, 1.165) is 0 Å². The largest absolute Gasteiger partial charge is 0.502 e. The molecule has 1 unspecified atom stereocenters. The lowest BCUT2D eigenvalue weighted by Crippen LogP contribution is -2.04. The van der Waals surface area contributed by atoms with Gasteiger partial charge in [0.2, 0.25) is 5.76 Å². The van der Waals surface area contributed by atoms with E-state index < -0.39 is 5.97 Å². The van der Waals surface area contributed by atoms with Crippen LogP contribution in [0.2, 0.25) is 0 Å². The quantitative estimate of drug-likeness (QED) is 0.490. The lowest BCUT2D eigenvalue weighted by Gasteiger charge is -1.99. The van der Waals surface area contributed by atoms with Crippen molar-refractivity contribution in [2.75, 3.05) is 0 Å². The Hall–Kier alpha value is -0.990. The molecule has 0 aromatic rings. The molecule has 0 spiro atoms. The number of esters is 1. The van der Waals surface area contributed by atoms with Crippen molar-refractivity contribution in [2.24, 2.45) is 0 Å². The molecule has 0 aromatic carbocycles. The van der Waals surface area contributed by atoms with Gasteiger partial charge in [-0.2, -0.15) is 0 Å². The Balaban J connectivity index is 2.92. The Morgan fingerprint density at radius 3 is 2.33 bits per heavy atom. The first-order valence-electron chi connectivity index (χ1n) is 2.73. The van der Waals surface area contributed by atoms with E-state index in [1.54, 1.807) is 13.8 Å². The van der Waals surface area contributed by atoms with E-state index in [1.807, 2.05) is 0 Å². The van der Waals surface area contributed by atoms with Crippen LogP contribution >= 0.6 is 0 Å². The maximum Gasteiger partial charge on any atom is 0.374 e. The minimum Gasteiger partial charge on any atom is -0.502 e. The molecule has 9 heavy (non-hydrogen) atoms. The number of rotatable bonds is 0. The van der Waals surface area contributed by atoms with Gasteiger partial charge >= 0.3 is 5.97 Å². The number of cyclic esters (lactones) is 1. The highest BCUT2D eigenvalue weighted by atomic mass is 16.6. The van der Waals surface area contributed by atoms with Gasteiger partial charge in [-0.1, -0.05) is 0 Å². The fraction of sp³-hybridized carbons (Fsp3) is 0.500. The monoisotopic (exact) mass is 128 g/mol. The van der Waals surface area contributed by atoms with Crippen molar-refractivity contribution in [1.29, 1.82) is 0 Å². The molecule has 0 aromatic heterocycles. The van der Waals surface area contributed by atoms with E-state index in [2.05, 4.69) is 4.74 Å². The van der Waals surface area contributed by atoms with Gasteiger partial charge in [0.25, 0.3) is 0 Å². The Labute approximate surface area is 52.9 Å². The number of hydrogen-bond donors (Lipinski definition) is 1. The van der Waals surface area contributed by atoms with E-state index >= 15 is 0 Å². The first-order valence-corrected chi connectivity index (χ1v) is 2.73. The van der Waals surface area contributed by atoms with Crippen LogP contribution in [0.25, 0.3) is 0 Å². The van der Waals surface area contributed by atoms with Crippen LogP contribution < -0.4 is 0 Å². The van der Waals surface area contributed by atoms with Crippen molar-refractivity contribution in [2.45, 2.75) is 20.0 Å². The minimum absolute atomic E-state index is 0.234. The third kappa shape index (κ3) is 0.781. The summed E-state index contributed by atoms with van der Waals surface area (Å²) in [5.41, 5.74) is 0.611. The second-order valence-corrected chi connectivity index (χ2v) is 2.08. The van der Waals surface area contributed by atoms with Gasteiger partial charge in [-0.25, -0.2) is 4.79 Å². The Bertz CT molecular complexity index is 181. The van der Waals surface area contributed by atoms with E-state index in [0.29, 0.717) is 5.57 Å². The Kier molecular flexibility index (Phi) is 1.20. The predicted molar refractivity (Wildman–Crippen MR) is 30.9 cm³/mol. The zero-order valence-electron chi connectivity index (χ0n) is 5.34. The molecule has 0 saturated heterocycles. The first-order chi connectivity index (χ1) is 4.13. The Morgan fingerprint density at radius 2 is 2.22 bits per heavy atom. The molecule has 1 heterocycles. The van der Waals surface area contributed by atoms with Crippen LogP contribution in [0.5, 0.6) is 0 Å². The van der Waals surface area contributed by atoms with E-state index in [4.69, 9.17) is 5.11 Å². The molecule has 0 amide bonds. The molecule has 3 heteroatoms. The average molecular weight is 128 g/mol. The van der Waals surface area contributed by atoms with E-state index in [-0.39, 0.29) is 11.9 Å². The maximum atomic E-state index is 10.5. The van der Waals surface area contributed by atoms with Gasteiger partial charge in [-0.05, 0) is 13.8 Å². The van der Waals surface area contributed by atoms with Gasteiger partial charge in [-0.15, -0.1) is 0 Å². The summed E-state index contributed by atoms with van der Waals surface area (Å²) in [4.78, 5) is 10.5. The van der Waals surface area contributed by atoms with Crippen LogP contribution in [0, 0.1) is 0 Å². The van der Waals surface area contributed by atoms with Gasteiger partial charge in [0, 0.05) is 5.57 Å². The summed E-state index contributed by atoms with van der Waals surface area (Å²) in [5.74, 6) is -0.845. The lowest BCUT2D eigenvalue weighted by atomic mass is 10.2. The molecule has 1 aliphatic rings. The standard InChI is InChI=1S/C6H8O3/c1-3-4(2)9-6(8)5(3)7/h4,7H,1-2H3. The molecular formula is C6H8O3. The van der Waals surface area contributed by atoms with Gasteiger partial charge in [0.1, 0.15) is 6.10 Å². The van der Waals surface area contributed by atoms with E-state index in [1.165, 1.54) is 0 Å². The summed E-state index contributed by atoms with van der Waals surface area (Å²) >= 11 is 0. The molecule has 50 valence electrons. The zero-order chi connectivity index (χ0) is 7.02. The van der Waals surface area contributed by atoms with Crippen molar-refractivity contribution in [3.8, 4) is 0 Å². The molecule has 0 fully saturated rings. The third-order valence-electron chi connectivity index (χ3n) is 1.46. The smallest absolute Gasteiger partial charge is 0.374 e. The van der Waals surface area contributed by atoms with Crippen molar-refractivity contribution in [3.05, 3.63) is 11.3 Å². The first kappa shape index (κ1) is 6.13. The normalized spacial score (nSPS) is 26.9. The summed E-state index contributed by atoms with van der Waals surface area (Å²) < 4.78 is 4.62. The zero-order valence-corrected chi connectivity index (χ0v) is 5.34. The van der Waals surface area contributed by atoms with Crippen LogP contribution in [0.4, 0.5) is 0 Å². The number of carbonyl (C=O) groups excluding carboxylic acids is 1. The molecule has 3 nitrogen and oxygen atoms in total. The second kappa shape index (κ2) is 1.76. The number of aliphatic hydroxyl groups is 1. The molecule has 0 bridgehead atoms. The molecule has 1 atom stereocenters. The molecular weight excluding hydrogens is 120 g/mol. The highest BCUT2D eigenvalue weighted by molar-refractivity contribution is 5.89. The third-order valence-corrected chi connectivity index (χ3v) is 1.46. The van der Waals surface area contributed by atoms with Crippen LogP contribution in [0.1, 0.15) is 13.8 Å². The topological polar surface area (TPSA) is 46.5 Å². The van der Waals surface area contributed by atoms with Crippen LogP contribution in [-0.4, -0.2) is 17.2 Å². The highest BCUT2D eigenvalue weighted by Gasteiger charge is 2.27. The lowest BCUT2D eigenvalue weighted by molar-refractivity contribution is -0.141. The summed E-state index contributed by atoms with van der Waals surface area (Å²) in [7, 11) is 0. The molecule has 1 aliphatic heterocycles. The van der Waals surface area contributed by atoms with Gasteiger partial charge < -0.3 is 9.84 Å². The fourth-order valence-electron chi connectivity index (χ4n) is 0.658. The van der Waals surface area contributed by atoms with Gasteiger partial charge in [0.05, 0.1) is 0 Å². The highest BCUT2D eigenvalue weighted by Crippen LogP contribution is 2.18.